The van der Waals surface area contributed by atoms with Crippen molar-refractivity contribution in [2.24, 2.45) is 11.3 Å². The first kappa shape index (κ1) is 15.8. The van der Waals surface area contributed by atoms with Gasteiger partial charge in [0.2, 0.25) is 0 Å². The van der Waals surface area contributed by atoms with Gasteiger partial charge in [-0.2, -0.15) is 0 Å². The van der Waals surface area contributed by atoms with Crippen LogP contribution in [-0.2, 0) is 4.74 Å². The fraction of sp³-hybridized carbons (Fsp3) is 0.588. The molecule has 1 aromatic rings. The third-order valence-corrected chi connectivity index (χ3v) is 4.13. The molecule has 0 aromatic heterocycles. The highest BCUT2D eigenvalue weighted by Crippen LogP contribution is 2.39. The smallest absolute Gasteiger partial charge is 0.339 e. The van der Waals surface area contributed by atoms with Gasteiger partial charge in [0.1, 0.15) is 5.82 Å². The molecule has 2 rings (SSSR count). The van der Waals surface area contributed by atoms with Gasteiger partial charge in [0.25, 0.3) is 0 Å². The predicted octanol–water partition coefficient (Wildman–Crippen LogP) is 4.24. The van der Waals surface area contributed by atoms with Gasteiger partial charge in [0.05, 0.1) is 18.4 Å². The summed E-state index contributed by atoms with van der Waals surface area (Å²) < 4.78 is 18.3. The molecule has 1 N–H and O–H groups in total. The number of rotatable bonds is 3. The van der Waals surface area contributed by atoms with Crippen LogP contribution in [0.4, 0.5) is 10.1 Å². The highest BCUT2D eigenvalue weighted by atomic mass is 19.1. The Kier molecular flexibility index (Phi) is 4.55. The minimum Gasteiger partial charge on any atom is -0.465 e. The van der Waals surface area contributed by atoms with E-state index in [1.165, 1.54) is 31.7 Å². The number of carbonyl (C=O) groups excluding carboxylic acids is 1. The van der Waals surface area contributed by atoms with Crippen LogP contribution in [0.2, 0.25) is 0 Å². The van der Waals surface area contributed by atoms with Crippen molar-refractivity contribution in [1.82, 2.24) is 0 Å². The molecule has 2 atom stereocenters. The van der Waals surface area contributed by atoms with Crippen molar-refractivity contribution in [2.75, 3.05) is 12.4 Å². The van der Waals surface area contributed by atoms with Crippen LogP contribution >= 0.6 is 0 Å². The zero-order valence-corrected chi connectivity index (χ0v) is 13.2. The van der Waals surface area contributed by atoms with Gasteiger partial charge in [-0.1, -0.05) is 20.8 Å². The number of hydrogen-bond donors (Lipinski definition) is 1. The number of carbonyl (C=O) groups is 1. The standard InChI is InChI=1S/C17H24FNO2/c1-11-7-13(10-17(2,3)9-11)19-15-8-12(18)5-6-14(15)16(20)21-4/h5-6,8,11,13,19H,7,9-10H2,1-4H3. The minimum atomic E-state index is -0.444. The van der Waals surface area contributed by atoms with Crippen molar-refractivity contribution in [1.29, 1.82) is 0 Å². The number of methoxy groups -OCH3 is 1. The van der Waals surface area contributed by atoms with Crippen molar-refractivity contribution < 1.29 is 13.9 Å². The first-order valence-corrected chi connectivity index (χ1v) is 7.45. The maximum Gasteiger partial charge on any atom is 0.339 e. The summed E-state index contributed by atoms with van der Waals surface area (Å²) >= 11 is 0. The molecule has 1 fully saturated rings. The molecule has 0 amide bonds. The molecule has 4 heteroatoms. The molecule has 0 spiro atoms. The van der Waals surface area contributed by atoms with Gasteiger partial charge in [-0.25, -0.2) is 9.18 Å². The molecule has 0 heterocycles. The van der Waals surface area contributed by atoms with Gasteiger partial charge in [-0.3, -0.25) is 0 Å². The highest BCUT2D eigenvalue weighted by Gasteiger charge is 2.32. The second-order valence-corrected chi connectivity index (χ2v) is 6.94. The zero-order chi connectivity index (χ0) is 15.6. The first-order valence-electron chi connectivity index (χ1n) is 7.45. The number of nitrogens with one attached hydrogen (secondary N) is 1. The van der Waals surface area contributed by atoms with Crippen molar-refractivity contribution in [2.45, 2.75) is 46.1 Å². The maximum absolute atomic E-state index is 13.5. The monoisotopic (exact) mass is 293 g/mol. The topological polar surface area (TPSA) is 38.3 Å². The van der Waals surface area contributed by atoms with Crippen molar-refractivity contribution >= 4 is 11.7 Å². The van der Waals surface area contributed by atoms with Crippen LogP contribution < -0.4 is 5.32 Å². The van der Waals surface area contributed by atoms with E-state index >= 15 is 0 Å². The van der Waals surface area contributed by atoms with Crippen LogP contribution in [0.1, 0.15) is 50.4 Å². The fourth-order valence-electron chi connectivity index (χ4n) is 3.60. The van der Waals surface area contributed by atoms with Crippen molar-refractivity contribution in [3.63, 3.8) is 0 Å². The van der Waals surface area contributed by atoms with Crippen molar-refractivity contribution in [3.8, 4) is 0 Å². The Morgan fingerprint density at radius 2 is 2.10 bits per heavy atom. The number of benzene rings is 1. The summed E-state index contributed by atoms with van der Waals surface area (Å²) in [5, 5.41) is 3.35. The molecule has 0 radical (unpaired) electrons. The highest BCUT2D eigenvalue weighted by molar-refractivity contribution is 5.95. The molecule has 3 nitrogen and oxygen atoms in total. The van der Waals surface area contributed by atoms with E-state index in [2.05, 4.69) is 26.1 Å². The van der Waals surface area contributed by atoms with Gasteiger partial charge in [0.15, 0.2) is 0 Å². The average molecular weight is 293 g/mol. The molecular formula is C17H24FNO2. The molecule has 116 valence electrons. The largest absolute Gasteiger partial charge is 0.465 e. The summed E-state index contributed by atoms with van der Waals surface area (Å²) in [6.45, 7) is 6.75. The Labute approximate surface area is 125 Å². The quantitative estimate of drug-likeness (QED) is 0.847. The van der Waals surface area contributed by atoms with Gasteiger partial charge < -0.3 is 10.1 Å². The summed E-state index contributed by atoms with van der Waals surface area (Å²) in [7, 11) is 1.33. The Balaban J connectivity index is 2.22. The Morgan fingerprint density at radius 3 is 2.71 bits per heavy atom. The summed E-state index contributed by atoms with van der Waals surface area (Å²) in [5.41, 5.74) is 1.17. The molecule has 0 bridgehead atoms. The van der Waals surface area contributed by atoms with Crippen LogP contribution in [0.5, 0.6) is 0 Å². The lowest BCUT2D eigenvalue weighted by Gasteiger charge is -2.39. The third-order valence-electron chi connectivity index (χ3n) is 4.13. The lowest BCUT2D eigenvalue weighted by atomic mass is 9.70. The molecule has 2 unspecified atom stereocenters. The maximum atomic E-state index is 13.5. The van der Waals surface area contributed by atoms with E-state index in [4.69, 9.17) is 4.74 Å². The van der Waals surface area contributed by atoms with E-state index in [-0.39, 0.29) is 17.3 Å². The third kappa shape index (κ3) is 3.96. The van der Waals surface area contributed by atoms with E-state index < -0.39 is 5.97 Å². The second kappa shape index (κ2) is 6.04. The summed E-state index contributed by atoms with van der Waals surface area (Å²) in [6.07, 6.45) is 3.23. The fourth-order valence-corrected chi connectivity index (χ4v) is 3.60. The van der Waals surface area contributed by atoms with Gasteiger partial charge >= 0.3 is 5.97 Å². The molecule has 1 aromatic carbocycles. The normalized spacial score (nSPS) is 24.4. The van der Waals surface area contributed by atoms with E-state index in [9.17, 15) is 9.18 Å². The van der Waals surface area contributed by atoms with Gasteiger partial charge in [0, 0.05) is 6.04 Å². The van der Waals surface area contributed by atoms with Gasteiger partial charge in [-0.05, 0) is 48.8 Å². The lowest BCUT2D eigenvalue weighted by molar-refractivity contribution is 0.0601. The second-order valence-electron chi connectivity index (χ2n) is 6.94. The molecule has 0 saturated heterocycles. The van der Waals surface area contributed by atoms with E-state index in [0.29, 0.717) is 17.2 Å². The SMILES string of the molecule is COC(=O)c1ccc(F)cc1NC1CC(C)CC(C)(C)C1. The summed E-state index contributed by atoms with van der Waals surface area (Å²) in [4.78, 5) is 11.8. The van der Waals surface area contributed by atoms with Crippen LogP contribution in [0.25, 0.3) is 0 Å². The molecular weight excluding hydrogens is 269 g/mol. The molecule has 1 saturated carbocycles. The minimum absolute atomic E-state index is 0.244. The number of halogens is 1. The van der Waals surface area contributed by atoms with Crippen LogP contribution in [0.15, 0.2) is 18.2 Å². The molecule has 21 heavy (non-hydrogen) atoms. The molecule has 1 aliphatic carbocycles. The average Bonchev–Trinajstić information content (AvgIpc) is 2.35. The Hall–Kier alpha value is -1.58. The van der Waals surface area contributed by atoms with Crippen molar-refractivity contribution in [3.05, 3.63) is 29.6 Å². The Bertz CT molecular complexity index is 528. The Morgan fingerprint density at radius 1 is 1.38 bits per heavy atom. The lowest BCUT2D eigenvalue weighted by Crippen LogP contribution is -2.35. The van der Waals surface area contributed by atoms with Crippen LogP contribution in [-0.4, -0.2) is 19.1 Å². The number of anilines is 1. The molecule has 0 aliphatic heterocycles. The molecule has 1 aliphatic rings. The first-order chi connectivity index (χ1) is 9.80. The van der Waals surface area contributed by atoms with E-state index in [1.807, 2.05) is 0 Å². The van der Waals surface area contributed by atoms with Crippen LogP contribution in [0.3, 0.4) is 0 Å². The number of esters is 1. The zero-order valence-electron chi connectivity index (χ0n) is 13.2. The summed E-state index contributed by atoms with van der Waals surface area (Å²) in [5.74, 6) is -0.185. The van der Waals surface area contributed by atoms with Crippen LogP contribution in [0, 0.1) is 17.2 Å². The number of ether oxygens (including phenoxy) is 1. The van der Waals surface area contributed by atoms with E-state index in [0.717, 1.165) is 12.8 Å². The number of hydrogen-bond acceptors (Lipinski definition) is 3. The summed E-state index contributed by atoms with van der Waals surface area (Å²) in [6, 6.07) is 4.37. The van der Waals surface area contributed by atoms with E-state index in [1.54, 1.807) is 0 Å². The predicted molar refractivity (Wildman–Crippen MR) is 81.9 cm³/mol. The van der Waals surface area contributed by atoms with Gasteiger partial charge in [-0.15, -0.1) is 0 Å².